The van der Waals surface area contributed by atoms with E-state index in [1.165, 1.54) is 33.9 Å². The van der Waals surface area contributed by atoms with Crippen LogP contribution < -0.4 is 4.74 Å². The van der Waals surface area contributed by atoms with E-state index in [0.29, 0.717) is 5.75 Å². The first-order valence-corrected chi connectivity index (χ1v) is 7.26. The molecule has 2 nitrogen and oxygen atoms in total. The van der Waals surface area contributed by atoms with Crippen LogP contribution in [0.5, 0.6) is 5.75 Å². The van der Waals surface area contributed by atoms with E-state index < -0.39 is 0 Å². The highest BCUT2D eigenvalue weighted by Gasteiger charge is 2.09. The molecule has 0 N–H and O–H groups in total. The maximum Gasteiger partial charge on any atom is 0.308 e. The highest BCUT2D eigenvalue weighted by molar-refractivity contribution is 6.25. The Morgan fingerprint density at radius 3 is 1.64 bits per heavy atom. The second-order valence-electron chi connectivity index (χ2n) is 5.39. The SMILES string of the molecule is CC(=O)Oc1ccc2c3ccccc3c3ccccc3c2c1. The van der Waals surface area contributed by atoms with Crippen molar-refractivity contribution < 1.29 is 9.53 Å². The van der Waals surface area contributed by atoms with Crippen LogP contribution >= 0.6 is 0 Å². The lowest BCUT2D eigenvalue weighted by molar-refractivity contribution is -0.131. The van der Waals surface area contributed by atoms with Gasteiger partial charge in [0.1, 0.15) is 5.75 Å². The zero-order valence-corrected chi connectivity index (χ0v) is 12.2. The fourth-order valence-electron chi connectivity index (χ4n) is 3.12. The quantitative estimate of drug-likeness (QED) is 0.277. The number of benzene rings is 4. The van der Waals surface area contributed by atoms with Gasteiger partial charge in [-0.2, -0.15) is 0 Å². The number of hydrogen-bond acceptors (Lipinski definition) is 2. The fourth-order valence-corrected chi connectivity index (χ4v) is 3.12. The molecule has 0 atom stereocenters. The van der Waals surface area contributed by atoms with Crippen molar-refractivity contribution in [3.63, 3.8) is 0 Å². The Morgan fingerprint density at radius 1 is 0.682 bits per heavy atom. The van der Waals surface area contributed by atoms with E-state index in [-0.39, 0.29) is 5.97 Å². The monoisotopic (exact) mass is 286 g/mol. The summed E-state index contributed by atoms with van der Waals surface area (Å²) < 4.78 is 5.24. The minimum Gasteiger partial charge on any atom is -0.427 e. The minimum atomic E-state index is -0.301. The molecule has 0 saturated carbocycles. The number of carbonyl (C=O) groups excluding carboxylic acids is 1. The van der Waals surface area contributed by atoms with Gasteiger partial charge in [-0.1, -0.05) is 54.6 Å². The molecule has 0 radical (unpaired) electrons. The summed E-state index contributed by atoms with van der Waals surface area (Å²) in [7, 11) is 0. The maximum absolute atomic E-state index is 11.2. The third-order valence-corrected chi connectivity index (χ3v) is 3.98. The molecule has 0 heterocycles. The number of hydrogen-bond donors (Lipinski definition) is 0. The summed E-state index contributed by atoms with van der Waals surface area (Å²) in [4.78, 5) is 11.2. The zero-order valence-electron chi connectivity index (χ0n) is 12.2. The van der Waals surface area contributed by atoms with E-state index in [9.17, 15) is 4.79 Å². The van der Waals surface area contributed by atoms with E-state index in [0.717, 1.165) is 5.39 Å². The second kappa shape index (κ2) is 4.85. The molecule has 0 amide bonds. The van der Waals surface area contributed by atoms with Crippen molar-refractivity contribution in [1.82, 2.24) is 0 Å². The summed E-state index contributed by atoms with van der Waals surface area (Å²) in [5.41, 5.74) is 0. The summed E-state index contributed by atoms with van der Waals surface area (Å²) in [5, 5.41) is 7.12. The molecule has 4 aromatic rings. The molecular formula is C20H14O2. The van der Waals surface area contributed by atoms with E-state index in [1.54, 1.807) is 0 Å². The highest BCUT2D eigenvalue weighted by atomic mass is 16.5. The van der Waals surface area contributed by atoms with Crippen LogP contribution in [0.2, 0.25) is 0 Å². The van der Waals surface area contributed by atoms with E-state index in [1.807, 2.05) is 24.3 Å². The van der Waals surface area contributed by atoms with Gasteiger partial charge in [-0.3, -0.25) is 4.79 Å². The van der Waals surface area contributed by atoms with Crippen LogP contribution in [-0.2, 0) is 4.79 Å². The maximum atomic E-state index is 11.2. The van der Waals surface area contributed by atoms with Gasteiger partial charge in [0, 0.05) is 6.92 Å². The lowest BCUT2D eigenvalue weighted by Gasteiger charge is -2.11. The highest BCUT2D eigenvalue weighted by Crippen LogP contribution is 2.36. The first-order valence-electron chi connectivity index (χ1n) is 7.26. The molecule has 4 rings (SSSR count). The summed E-state index contributed by atoms with van der Waals surface area (Å²) >= 11 is 0. The minimum absolute atomic E-state index is 0.301. The van der Waals surface area contributed by atoms with Crippen LogP contribution in [0.15, 0.2) is 66.7 Å². The first-order chi connectivity index (χ1) is 10.7. The molecule has 22 heavy (non-hydrogen) atoms. The summed E-state index contributed by atoms with van der Waals surface area (Å²) in [6, 6.07) is 22.6. The molecule has 0 spiro atoms. The molecule has 0 fully saturated rings. The number of carbonyl (C=O) groups is 1. The van der Waals surface area contributed by atoms with Crippen LogP contribution in [0.1, 0.15) is 6.92 Å². The van der Waals surface area contributed by atoms with E-state index in [4.69, 9.17) is 4.74 Å². The molecule has 0 bridgehead atoms. The Morgan fingerprint density at radius 2 is 1.14 bits per heavy atom. The summed E-state index contributed by atoms with van der Waals surface area (Å²) in [6.45, 7) is 1.42. The Balaban J connectivity index is 2.19. The topological polar surface area (TPSA) is 26.3 Å². The normalized spacial score (nSPS) is 11.1. The molecule has 0 saturated heterocycles. The van der Waals surface area contributed by atoms with Gasteiger partial charge >= 0.3 is 5.97 Å². The number of fused-ring (bicyclic) bond motifs is 6. The molecule has 0 aromatic heterocycles. The molecule has 106 valence electrons. The number of ether oxygens (including phenoxy) is 1. The van der Waals surface area contributed by atoms with Crippen LogP contribution in [0.3, 0.4) is 0 Å². The van der Waals surface area contributed by atoms with Gasteiger partial charge in [0.2, 0.25) is 0 Å². The summed E-state index contributed by atoms with van der Waals surface area (Å²) in [6.07, 6.45) is 0. The van der Waals surface area contributed by atoms with Gasteiger partial charge in [-0.05, 0) is 44.5 Å². The molecular weight excluding hydrogens is 272 g/mol. The average molecular weight is 286 g/mol. The summed E-state index contributed by atoms with van der Waals surface area (Å²) in [5.74, 6) is 0.282. The van der Waals surface area contributed by atoms with Gasteiger partial charge in [0.05, 0.1) is 0 Å². The van der Waals surface area contributed by atoms with E-state index in [2.05, 4.69) is 42.5 Å². The Kier molecular flexibility index (Phi) is 2.83. The van der Waals surface area contributed by atoms with Gasteiger partial charge in [-0.15, -0.1) is 0 Å². The van der Waals surface area contributed by atoms with Crippen molar-refractivity contribution in [2.24, 2.45) is 0 Å². The Hall–Kier alpha value is -2.87. The van der Waals surface area contributed by atoms with Crippen molar-refractivity contribution >= 4 is 38.3 Å². The average Bonchev–Trinajstić information content (AvgIpc) is 2.54. The van der Waals surface area contributed by atoms with Crippen molar-refractivity contribution in [2.75, 3.05) is 0 Å². The molecule has 4 aromatic carbocycles. The molecule has 0 aliphatic rings. The smallest absolute Gasteiger partial charge is 0.308 e. The molecule has 2 heteroatoms. The van der Waals surface area contributed by atoms with Gasteiger partial charge in [-0.25, -0.2) is 0 Å². The van der Waals surface area contributed by atoms with Crippen LogP contribution in [0, 0.1) is 0 Å². The third kappa shape index (κ3) is 1.92. The van der Waals surface area contributed by atoms with E-state index >= 15 is 0 Å². The Bertz CT molecular complexity index is 996. The van der Waals surface area contributed by atoms with Crippen LogP contribution in [0.25, 0.3) is 32.3 Å². The van der Waals surface area contributed by atoms with Crippen LogP contribution in [0.4, 0.5) is 0 Å². The molecule has 0 aliphatic carbocycles. The lowest BCUT2D eigenvalue weighted by Crippen LogP contribution is -2.01. The van der Waals surface area contributed by atoms with Gasteiger partial charge in [0.15, 0.2) is 0 Å². The fraction of sp³-hybridized carbons (Fsp3) is 0.0500. The lowest BCUT2D eigenvalue weighted by atomic mass is 9.94. The number of rotatable bonds is 1. The van der Waals surface area contributed by atoms with Gasteiger partial charge < -0.3 is 4.74 Å². The molecule has 0 unspecified atom stereocenters. The number of esters is 1. The van der Waals surface area contributed by atoms with Crippen molar-refractivity contribution in [3.05, 3.63) is 66.7 Å². The second-order valence-corrected chi connectivity index (χ2v) is 5.39. The van der Waals surface area contributed by atoms with Gasteiger partial charge in [0.25, 0.3) is 0 Å². The standard InChI is InChI=1S/C20H14O2/c1-13(21)22-14-10-11-19-17-8-3-2-6-15(17)16-7-4-5-9-18(16)20(19)12-14/h2-12H,1H3. The predicted octanol–water partition coefficient (Wildman–Crippen LogP) is 5.07. The largest absolute Gasteiger partial charge is 0.427 e. The van der Waals surface area contributed by atoms with Crippen molar-refractivity contribution in [2.45, 2.75) is 6.92 Å². The molecule has 0 aliphatic heterocycles. The Labute approximate surface area is 127 Å². The third-order valence-electron chi connectivity index (χ3n) is 3.98. The van der Waals surface area contributed by atoms with Crippen molar-refractivity contribution in [1.29, 1.82) is 0 Å². The first kappa shape index (κ1) is 12.8. The predicted molar refractivity (Wildman–Crippen MR) is 90.3 cm³/mol. The van der Waals surface area contributed by atoms with Crippen molar-refractivity contribution in [3.8, 4) is 5.75 Å². The van der Waals surface area contributed by atoms with Crippen LogP contribution in [-0.4, -0.2) is 5.97 Å². The zero-order chi connectivity index (χ0) is 15.1.